The Hall–Kier alpha value is -0.150. The molecule has 1 saturated heterocycles. The van der Waals surface area contributed by atoms with E-state index in [-0.39, 0.29) is 0 Å². The molecule has 0 aromatic heterocycles. The minimum Gasteiger partial charge on any atom is -0.298 e. The van der Waals surface area contributed by atoms with Gasteiger partial charge in [-0.2, -0.15) is 0 Å². The molecule has 0 amide bonds. The smallest absolute Gasteiger partial charge is 0.0447 e. The topological polar surface area (TPSA) is 20.3 Å². The Morgan fingerprint density at radius 2 is 2.42 bits per heavy atom. The van der Waals surface area contributed by atoms with Crippen molar-refractivity contribution in [2.75, 3.05) is 25.4 Å². The van der Waals surface area contributed by atoms with Crippen molar-refractivity contribution in [2.24, 2.45) is 0 Å². The van der Waals surface area contributed by atoms with Gasteiger partial charge in [-0.1, -0.05) is 12.2 Å². The van der Waals surface area contributed by atoms with Crippen molar-refractivity contribution < 1.29 is 4.21 Å². The monoisotopic (exact) mass is 187 g/mol. The largest absolute Gasteiger partial charge is 0.298 e. The standard InChI is InChI=1S/C9H17NOS/c1-3-4-5-10-6-7-12(11)9(2)8-10/h3-4,9H,5-8H2,1-2H3/b4-3+. The molecule has 0 aromatic carbocycles. The SMILES string of the molecule is C/C=C/CN1CCS(=O)C(C)C1. The summed E-state index contributed by atoms with van der Waals surface area (Å²) in [6.45, 7) is 7.08. The molecule has 0 aromatic rings. The maximum atomic E-state index is 11.3. The molecule has 0 radical (unpaired) electrons. The van der Waals surface area contributed by atoms with E-state index in [4.69, 9.17) is 0 Å². The second kappa shape index (κ2) is 4.77. The van der Waals surface area contributed by atoms with Crippen molar-refractivity contribution >= 4 is 10.8 Å². The molecule has 0 spiro atoms. The summed E-state index contributed by atoms with van der Waals surface area (Å²) in [6, 6.07) is 0. The van der Waals surface area contributed by atoms with Crippen LogP contribution >= 0.6 is 0 Å². The van der Waals surface area contributed by atoms with E-state index in [1.807, 2.05) is 6.92 Å². The summed E-state index contributed by atoms with van der Waals surface area (Å²) in [5.74, 6) is 0.846. The van der Waals surface area contributed by atoms with E-state index in [2.05, 4.69) is 24.0 Å². The molecular weight excluding hydrogens is 170 g/mol. The summed E-state index contributed by atoms with van der Waals surface area (Å²) in [6.07, 6.45) is 4.22. The number of hydrogen-bond donors (Lipinski definition) is 0. The van der Waals surface area contributed by atoms with Crippen LogP contribution in [0.3, 0.4) is 0 Å². The lowest BCUT2D eigenvalue weighted by Gasteiger charge is -2.29. The minimum atomic E-state index is -0.577. The Balaban J connectivity index is 2.35. The van der Waals surface area contributed by atoms with Crippen LogP contribution in [0, 0.1) is 0 Å². The predicted molar refractivity (Wildman–Crippen MR) is 53.7 cm³/mol. The summed E-state index contributed by atoms with van der Waals surface area (Å²) in [4.78, 5) is 2.35. The third kappa shape index (κ3) is 2.72. The Morgan fingerprint density at radius 1 is 1.67 bits per heavy atom. The number of rotatable bonds is 2. The van der Waals surface area contributed by atoms with E-state index in [0.29, 0.717) is 5.25 Å². The van der Waals surface area contributed by atoms with Gasteiger partial charge in [0.15, 0.2) is 0 Å². The molecule has 1 rings (SSSR count). The normalized spacial score (nSPS) is 32.8. The van der Waals surface area contributed by atoms with Crippen molar-refractivity contribution in [2.45, 2.75) is 19.1 Å². The van der Waals surface area contributed by atoms with Crippen LogP contribution in [0.2, 0.25) is 0 Å². The molecule has 0 saturated carbocycles. The second-order valence-electron chi connectivity index (χ2n) is 3.22. The van der Waals surface area contributed by atoms with Gasteiger partial charge in [0, 0.05) is 41.4 Å². The lowest BCUT2D eigenvalue weighted by molar-refractivity contribution is 0.312. The van der Waals surface area contributed by atoms with Crippen LogP contribution in [0.4, 0.5) is 0 Å². The van der Waals surface area contributed by atoms with Gasteiger partial charge in [0.1, 0.15) is 0 Å². The summed E-state index contributed by atoms with van der Waals surface area (Å²) in [5, 5.41) is 0.351. The predicted octanol–water partition coefficient (Wildman–Crippen LogP) is 1.02. The molecule has 2 atom stereocenters. The zero-order chi connectivity index (χ0) is 8.97. The van der Waals surface area contributed by atoms with E-state index >= 15 is 0 Å². The second-order valence-corrected chi connectivity index (χ2v) is 5.20. The lowest BCUT2D eigenvalue weighted by atomic mass is 10.3. The molecule has 0 N–H and O–H groups in total. The number of nitrogens with zero attached hydrogens (tertiary/aromatic N) is 1. The van der Waals surface area contributed by atoms with E-state index in [1.54, 1.807) is 0 Å². The molecule has 2 nitrogen and oxygen atoms in total. The van der Waals surface area contributed by atoms with Gasteiger partial charge in [-0.25, -0.2) is 0 Å². The van der Waals surface area contributed by atoms with Gasteiger partial charge in [-0.15, -0.1) is 0 Å². The van der Waals surface area contributed by atoms with Crippen LogP contribution in [-0.4, -0.2) is 39.7 Å². The first-order valence-electron chi connectivity index (χ1n) is 4.44. The highest BCUT2D eigenvalue weighted by molar-refractivity contribution is 7.85. The highest BCUT2D eigenvalue weighted by Crippen LogP contribution is 2.07. The maximum absolute atomic E-state index is 11.3. The van der Waals surface area contributed by atoms with Crippen LogP contribution in [0.25, 0.3) is 0 Å². The van der Waals surface area contributed by atoms with Crippen LogP contribution in [0.5, 0.6) is 0 Å². The first-order valence-corrected chi connectivity index (χ1v) is 5.83. The Morgan fingerprint density at radius 3 is 3.00 bits per heavy atom. The zero-order valence-electron chi connectivity index (χ0n) is 7.82. The third-order valence-corrected chi connectivity index (χ3v) is 3.80. The first kappa shape index (κ1) is 9.93. The van der Waals surface area contributed by atoms with Gasteiger partial charge in [0.2, 0.25) is 0 Å². The van der Waals surface area contributed by atoms with Gasteiger partial charge in [0.05, 0.1) is 0 Å². The average molecular weight is 187 g/mol. The van der Waals surface area contributed by atoms with E-state index in [0.717, 1.165) is 25.4 Å². The molecule has 70 valence electrons. The van der Waals surface area contributed by atoms with Crippen LogP contribution in [0.15, 0.2) is 12.2 Å². The molecule has 12 heavy (non-hydrogen) atoms. The van der Waals surface area contributed by atoms with E-state index in [1.165, 1.54) is 0 Å². The van der Waals surface area contributed by atoms with Crippen molar-refractivity contribution in [3.05, 3.63) is 12.2 Å². The summed E-state index contributed by atoms with van der Waals surface area (Å²) in [5.41, 5.74) is 0. The zero-order valence-corrected chi connectivity index (χ0v) is 8.64. The van der Waals surface area contributed by atoms with Crippen LogP contribution in [0.1, 0.15) is 13.8 Å². The van der Waals surface area contributed by atoms with Crippen molar-refractivity contribution in [1.29, 1.82) is 0 Å². The molecule has 2 unspecified atom stereocenters. The van der Waals surface area contributed by atoms with Crippen molar-refractivity contribution in [3.8, 4) is 0 Å². The molecule has 0 aliphatic carbocycles. The molecule has 0 bridgehead atoms. The lowest BCUT2D eigenvalue weighted by Crippen LogP contribution is -2.42. The maximum Gasteiger partial charge on any atom is 0.0447 e. The summed E-state index contributed by atoms with van der Waals surface area (Å²) in [7, 11) is -0.577. The highest BCUT2D eigenvalue weighted by atomic mass is 32.2. The van der Waals surface area contributed by atoms with Crippen molar-refractivity contribution in [3.63, 3.8) is 0 Å². The Bertz CT molecular complexity index is 191. The molecule has 3 heteroatoms. The molecule has 1 fully saturated rings. The first-order chi connectivity index (χ1) is 5.74. The fraction of sp³-hybridized carbons (Fsp3) is 0.778. The fourth-order valence-corrected chi connectivity index (χ4v) is 2.60. The van der Waals surface area contributed by atoms with Gasteiger partial charge in [-0.05, 0) is 13.8 Å². The summed E-state index contributed by atoms with van der Waals surface area (Å²) < 4.78 is 11.3. The minimum absolute atomic E-state index is 0.351. The molecule has 1 aliphatic rings. The van der Waals surface area contributed by atoms with Crippen LogP contribution in [-0.2, 0) is 10.8 Å². The van der Waals surface area contributed by atoms with Crippen LogP contribution < -0.4 is 0 Å². The fourth-order valence-electron chi connectivity index (χ4n) is 1.38. The van der Waals surface area contributed by atoms with Gasteiger partial charge < -0.3 is 0 Å². The Kier molecular flexibility index (Phi) is 3.95. The van der Waals surface area contributed by atoms with Gasteiger partial charge >= 0.3 is 0 Å². The molecule has 1 aliphatic heterocycles. The van der Waals surface area contributed by atoms with Gasteiger partial charge in [-0.3, -0.25) is 9.11 Å². The molecule has 1 heterocycles. The van der Waals surface area contributed by atoms with E-state index < -0.39 is 10.8 Å². The molecular formula is C9H17NOS. The average Bonchev–Trinajstić information content (AvgIpc) is 2.07. The number of hydrogen-bond acceptors (Lipinski definition) is 2. The number of allylic oxidation sites excluding steroid dienone is 1. The summed E-state index contributed by atoms with van der Waals surface area (Å²) >= 11 is 0. The highest BCUT2D eigenvalue weighted by Gasteiger charge is 2.20. The van der Waals surface area contributed by atoms with E-state index in [9.17, 15) is 4.21 Å². The van der Waals surface area contributed by atoms with Gasteiger partial charge in [0.25, 0.3) is 0 Å². The quantitative estimate of drug-likeness (QED) is 0.601. The Labute approximate surface area is 77.1 Å². The third-order valence-electron chi connectivity index (χ3n) is 2.17. The van der Waals surface area contributed by atoms with Crippen molar-refractivity contribution in [1.82, 2.24) is 4.90 Å².